The largest absolute Gasteiger partial charge is 0.370 e. The van der Waals surface area contributed by atoms with Crippen molar-refractivity contribution in [3.05, 3.63) is 108 Å². The minimum atomic E-state index is -1.65. The molecule has 17 N–H and O–H groups in total. The SMILES string of the molecule is CCCC[C@H]1C(=O)N(C)[C@@H](CCCC)C(=O)N[C@@H](CCCNC(=N)N)C(=O)NCCSCC(=O)N[C@@H](Cc2ccc(F)cc2)C(=O)N(C)CC(=O)N[C@@H](CC(N)=O)C(=O)N2CCCC2C(=O)NCC(=O)N[C@@H](CC(C)C)C(=O)N2CCC[C@H]2C(=O)N[C@@H](Cc2c[nH]c3ccccc23)C(=O)NCC(=O)N[C@@H](Cc2c[nH]c3ccccc23)C(=O)N1C. The Morgan fingerprint density at radius 2 is 1.05 bits per heavy atom. The van der Waals surface area contributed by atoms with Crippen molar-refractivity contribution in [2.24, 2.45) is 17.4 Å². The molecule has 3 aliphatic rings. The van der Waals surface area contributed by atoms with E-state index in [0.717, 1.165) is 55.5 Å². The van der Waals surface area contributed by atoms with E-state index in [1.807, 2.05) is 70.2 Å². The summed E-state index contributed by atoms with van der Waals surface area (Å²) < 4.78 is 14.2. The van der Waals surface area contributed by atoms with Crippen molar-refractivity contribution in [1.29, 1.82) is 5.41 Å². The highest BCUT2D eigenvalue weighted by atomic mass is 32.2. The second-order valence-corrected chi connectivity index (χ2v) is 32.0. The maximum atomic E-state index is 15.4. The van der Waals surface area contributed by atoms with Crippen LogP contribution in [0.2, 0.25) is 0 Å². The number of benzene rings is 3. The summed E-state index contributed by atoms with van der Waals surface area (Å²) in [5, 5.41) is 36.3. The molecule has 5 aromatic rings. The molecule has 646 valence electrons. The number of amides is 15. The molecule has 10 atom stereocenters. The average Bonchev–Trinajstić information content (AvgIpc) is 1.77. The van der Waals surface area contributed by atoms with Crippen molar-refractivity contribution in [2.75, 3.05) is 78.5 Å². The number of carbonyl (C=O) groups is 15. The van der Waals surface area contributed by atoms with Crippen molar-refractivity contribution < 1.29 is 76.3 Å². The van der Waals surface area contributed by atoms with Gasteiger partial charge in [0.15, 0.2) is 5.96 Å². The third-order valence-corrected chi connectivity index (χ3v) is 22.3. The molecule has 0 aliphatic carbocycles. The molecule has 8 rings (SSSR count). The lowest BCUT2D eigenvalue weighted by Crippen LogP contribution is -2.59. The Kier molecular flexibility index (Phi) is 35.4. The summed E-state index contributed by atoms with van der Waals surface area (Å²) >= 11 is 1.07. The van der Waals surface area contributed by atoms with Crippen molar-refractivity contribution >= 4 is 128 Å². The van der Waals surface area contributed by atoms with Crippen LogP contribution in [0.1, 0.15) is 134 Å². The normalized spacial score (nSPS) is 23.5. The highest BCUT2D eigenvalue weighted by molar-refractivity contribution is 7.99. The van der Waals surface area contributed by atoms with Crippen LogP contribution >= 0.6 is 11.8 Å². The van der Waals surface area contributed by atoms with Crippen LogP contribution in [0.25, 0.3) is 21.8 Å². The summed E-state index contributed by atoms with van der Waals surface area (Å²) in [6.45, 7) is 5.45. The van der Waals surface area contributed by atoms with Gasteiger partial charge in [0.05, 0.1) is 31.8 Å². The Morgan fingerprint density at radius 3 is 1.64 bits per heavy atom. The zero-order valence-electron chi connectivity index (χ0n) is 68.6. The molecule has 5 heterocycles. The fourth-order valence-corrected chi connectivity index (χ4v) is 15.8. The molecule has 0 spiro atoms. The van der Waals surface area contributed by atoms with E-state index in [2.05, 4.69) is 63.1 Å². The molecule has 119 heavy (non-hydrogen) atoms. The number of aromatic nitrogens is 2. The molecule has 0 saturated carbocycles. The van der Waals surface area contributed by atoms with Crippen molar-refractivity contribution in [3.63, 3.8) is 0 Å². The lowest BCUT2D eigenvalue weighted by atomic mass is 10.00. The van der Waals surface area contributed by atoms with E-state index >= 15 is 9.59 Å². The highest BCUT2D eigenvalue weighted by Crippen LogP contribution is 2.27. The highest BCUT2D eigenvalue weighted by Gasteiger charge is 2.43. The number of unbranched alkanes of at least 4 members (excludes halogenated alkanes) is 2. The first kappa shape index (κ1) is 92.8. The molecule has 1 unspecified atom stereocenters. The summed E-state index contributed by atoms with van der Waals surface area (Å²) in [5.74, 6) is -12.8. The number of fused-ring (bicyclic) bond motifs is 4. The Hall–Kier alpha value is -11.7. The van der Waals surface area contributed by atoms with Gasteiger partial charge < -0.3 is 99.1 Å². The molecule has 3 aliphatic heterocycles. The van der Waals surface area contributed by atoms with Gasteiger partial charge >= 0.3 is 0 Å². The number of guanidine groups is 1. The van der Waals surface area contributed by atoms with Gasteiger partial charge in [-0.2, -0.15) is 11.8 Å². The number of thioether (sulfide) groups is 1. The number of carbonyl (C=O) groups excluding carboxylic acids is 15. The molecule has 0 radical (unpaired) electrons. The van der Waals surface area contributed by atoms with E-state index in [0.29, 0.717) is 48.8 Å². The number of nitrogens with one attached hydrogen (secondary N) is 13. The average molecular weight is 1670 g/mol. The number of rotatable bonds is 20. The van der Waals surface area contributed by atoms with Crippen LogP contribution in [-0.4, -0.2) is 268 Å². The number of hydrogen-bond donors (Lipinski definition) is 15. The predicted octanol–water partition coefficient (Wildman–Crippen LogP) is 0.480. The monoisotopic (exact) mass is 1670 g/mol. The van der Waals surface area contributed by atoms with E-state index in [-0.39, 0.29) is 120 Å². The molecule has 35 nitrogen and oxygen atoms in total. The van der Waals surface area contributed by atoms with Gasteiger partial charge in [0.1, 0.15) is 66.2 Å². The number of H-pyrrole nitrogens is 2. The summed E-state index contributed by atoms with van der Waals surface area (Å²) in [6, 6.07) is 6.69. The van der Waals surface area contributed by atoms with Crippen LogP contribution in [0.3, 0.4) is 0 Å². The molecule has 2 aromatic heterocycles. The van der Waals surface area contributed by atoms with Crippen LogP contribution in [0, 0.1) is 17.1 Å². The Morgan fingerprint density at radius 1 is 0.538 bits per heavy atom. The van der Waals surface area contributed by atoms with E-state index in [1.165, 1.54) is 48.0 Å². The third kappa shape index (κ3) is 26.9. The van der Waals surface area contributed by atoms with Gasteiger partial charge in [-0.3, -0.25) is 77.3 Å². The summed E-state index contributed by atoms with van der Waals surface area (Å²) in [4.78, 5) is 228. The molecule has 37 heteroatoms. The molecular weight excluding hydrogens is 1560 g/mol. The minimum absolute atomic E-state index is 0.0205. The van der Waals surface area contributed by atoms with Crippen LogP contribution in [-0.2, 0) is 91.2 Å². The van der Waals surface area contributed by atoms with Crippen LogP contribution in [0.15, 0.2) is 85.2 Å². The summed E-state index contributed by atoms with van der Waals surface area (Å²) in [6.07, 6.45) is 5.75. The topological polar surface area (TPSA) is 500 Å². The van der Waals surface area contributed by atoms with Gasteiger partial charge in [-0.05, 0) is 105 Å². The predicted molar refractivity (Wildman–Crippen MR) is 444 cm³/mol. The first-order valence-corrected chi connectivity index (χ1v) is 41.8. The fourth-order valence-electron chi connectivity index (χ4n) is 15.1. The molecule has 3 fully saturated rings. The number of halogens is 1. The summed E-state index contributed by atoms with van der Waals surface area (Å²) in [5.41, 5.74) is 14.3. The fraction of sp³-hybridized carbons (Fsp3) is 0.537. The Labute approximate surface area is 695 Å². The quantitative estimate of drug-likeness (QED) is 0.0286. The van der Waals surface area contributed by atoms with Gasteiger partial charge in [-0.1, -0.05) is 102 Å². The van der Waals surface area contributed by atoms with Gasteiger partial charge in [0.25, 0.3) is 0 Å². The molecule has 3 saturated heterocycles. The van der Waals surface area contributed by atoms with E-state index < -0.39 is 181 Å². The Bertz CT molecular complexity index is 4450. The number of nitrogens with two attached hydrogens (primary N) is 2. The first-order chi connectivity index (χ1) is 56.8. The van der Waals surface area contributed by atoms with Crippen LogP contribution in [0.5, 0.6) is 0 Å². The van der Waals surface area contributed by atoms with Crippen molar-refractivity contribution in [2.45, 2.75) is 197 Å². The third-order valence-electron chi connectivity index (χ3n) is 21.4. The van der Waals surface area contributed by atoms with Gasteiger partial charge in [-0.25, -0.2) is 4.39 Å². The number of aromatic amines is 2. The Balaban J connectivity index is 1.10. The molecular formula is C82H115FN20O15S. The van der Waals surface area contributed by atoms with Crippen LogP contribution < -0.4 is 64.6 Å². The number of likely N-dealkylation sites (N-methyl/N-ethyl adjacent to an activating group) is 3. The van der Waals surface area contributed by atoms with Crippen molar-refractivity contribution in [1.82, 2.24) is 87.6 Å². The number of hydrogen-bond acceptors (Lipinski definition) is 17. The van der Waals surface area contributed by atoms with Gasteiger partial charge in [0.2, 0.25) is 88.6 Å². The molecule has 15 amide bonds. The standard InChI is InChI=1S/C82H115FN20O15S/c1-8-10-24-63-75(112)97-57(23-16-32-88-82(85)86)72(109)87-33-36-119-47-71(108)96-60(38-49-28-30-52(83)31-29-49)77(114)99(5)46-70(107)95-62(41-67(84)104)80(117)102-34-17-26-64(102)74(111)92-45-69(106)93-59(37-48(3)4)79(116)103-35-18-27-65(103)76(113)98-58(39-50-42-89-55-21-14-12-19-53(50)55)73(110)91-44-68(105)94-61(40-51-43-90-56-22-15-13-20-54(51)56)78(115)101(7)66(25-11-9-2)81(118)100(63)6/h12-15,19-22,28-31,42-43,48,57-66,89-90H,8-11,16-18,23-27,32-41,44-47H2,1-7H3,(H2,84,104)(H,87,109)(H,91,110)(H,92,111)(H,93,106)(H,94,105)(H,95,107)(H,96,108)(H,97,112)(H,98,113)(H4,85,86,88)/t57-,58-,59-,60-,61-,62-,63-,64?,65-,66-/m0/s1. The van der Waals surface area contributed by atoms with Gasteiger partial charge in [0, 0.05) is 107 Å². The molecule has 3 aromatic carbocycles. The van der Waals surface area contributed by atoms with E-state index in [1.54, 1.807) is 18.5 Å². The van der Waals surface area contributed by atoms with E-state index in [4.69, 9.17) is 16.9 Å². The first-order valence-electron chi connectivity index (χ1n) is 40.6. The maximum absolute atomic E-state index is 15.4. The maximum Gasteiger partial charge on any atom is 0.246 e. The van der Waals surface area contributed by atoms with Crippen LogP contribution in [0.4, 0.5) is 4.39 Å². The number of para-hydroxylation sites is 2. The van der Waals surface area contributed by atoms with Gasteiger partial charge in [-0.15, -0.1) is 0 Å². The van der Waals surface area contributed by atoms with Crippen molar-refractivity contribution in [3.8, 4) is 0 Å². The minimum Gasteiger partial charge on any atom is -0.370 e. The zero-order valence-corrected chi connectivity index (χ0v) is 69.4. The van der Waals surface area contributed by atoms with E-state index in [9.17, 15) is 66.7 Å². The zero-order chi connectivity index (χ0) is 86.6. The smallest absolute Gasteiger partial charge is 0.246 e. The lowest BCUT2D eigenvalue weighted by molar-refractivity contribution is -0.149. The summed E-state index contributed by atoms with van der Waals surface area (Å²) in [7, 11) is 4.13. The number of primary amides is 1. The second-order valence-electron chi connectivity index (χ2n) is 30.9. The number of nitrogens with zero attached hydrogens (tertiary/aromatic N) is 5. The molecule has 0 bridgehead atoms. The second kappa shape index (κ2) is 45.3. The lowest BCUT2D eigenvalue weighted by Gasteiger charge is -2.36.